The summed E-state index contributed by atoms with van der Waals surface area (Å²) in [6, 6.07) is 6.84. The molecule has 0 radical (unpaired) electrons. The fourth-order valence-corrected chi connectivity index (χ4v) is 4.18. The van der Waals surface area contributed by atoms with Crippen LogP contribution in [0.5, 0.6) is 5.75 Å². The monoisotopic (exact) mass is 353 g/mol. The molecule has 3 atom stereocenters. The summed E-state index contributed by atoms with van der Waals surface area (Å²) in [6.45, 7) is 5.53. The molecule has 1 saturated carbocycles. The maximum absolute atomic E-state index is 5.64. The van der Waals surface area contributed by atoms with Gasteiger partial charge < -0.3 is 10.1 Å². The van der Waals surface area contributed by atoms with E-state index in [9.17, 15) is 0 Å². The van der Waals surface area contributed by atoms with Crippen LogP contribution < -0.4 is 10.1 Å². The van der Waals surface area contributed by atoms with Gasteiger partial charge in [-0.2, -0.15) is 0 Å². The number of hydrogen-bond acceptors (Lipinski definition) is 2. The Morgan fingerprint density at radius 2 is 2.05 bits per heavy atom. The molecule has 0 saturated heterocycles. The highest BCUT2D eigenvalue weighted by molar-refractivity contribution is 9.10. The first-order valence-corrected chi connectivity index (χ1v) is 9.07. The fourth-order valence-electron chi connectivity index (χ4n) is 3.84. The Bertz CT molecular complexity index is 449. The molecule has 1 aliphatic rings. The van der Waals surface area contributed by atoms with Gasteiger partial charge in [0.05, 0.1) is 7.11 Å². The topological polar surface area (TPSA) is 21.3 Å². The highest BCUT2D eigenvalue weighted by Crippen LogP contribution is 2.43. The van der Waals surface area contributed by atoms with Gasteiger partial charge in [-0.05, 0) is 36.9 Å². The van der Waals surface area contributed by atoms with Crippen LogP contribution in [-0.4, -0.2) is 13.7 Å². The van der Waals surface area contributed by atoms with Gasteiger partial charge in [0.2, 0.25) is 0 Å². The number of hydrogen-bond donors (Lipinski definition) is 1. The van der Waals surface area contributed by atoms with Crippen LogP contribution in [0.15, 0.2) is 22.7 Å². The molecule has 1 N–H and O–H groups in total. The number of nitrogens with one attached hydrogen (secondary N) is 1. The highest BCUT2D eigenvalue weighted by Gasteiger charge is 2.32. The molecule has 21 heavy (non-hydrogen) atoms. The largest absolute Gasteiger partial charge is 0.496 e. The Labute approximate surface area is 137 Å². The van der Waals surface area contributed by atoms with E-state index in [4.69, 9.17) is 4.74 Å². The van der Waals surface area contributed by atoms with Crippen molar-refractivity contribution in [3.63, 3.8) is 0 Å². The van der Waals surface area contributed by atoms with E-state index in [-0.39, 0.29) is 0 Å². The summed E-state index contributed by atoms with van der Waals surface area (Å²) in [5.74, 6) is 2.55. The summed E-state index contributed by atoms with van der Waals surface area (Å²) >= 11 is 3.55. The molecular formula is C18H28BrNO. The van der Waals surface area contributed by atoms with Gasteiger partial charge in [0.25, 0.3) is 0 Å². The number of methoxy groups -OCH3 is 1. The molecule has 0 heterocycles. The maximum Gasteiger partial charge on any atom is 0.124 e. The lowest BCUT2D eigenvalue weighted by molar-refractivity contribution is 0.174. The second-order valence-electron chi connectivity index (χ2n) is 6.04. The van der Waals surface area contributed by atoms with E-state index >= 15 is 0 Å². The molecular weight excluding hydrogens is 326 g/mol. The van der Waals surface area contributed by atoms with E-state index in [0.29, 0.717) is 6.04 Å². The minimum atomic E-state index is 0.406. The van der Waals surface area contributed by atoms with Gasteiger partial charge in [-0.25, -0.2) is 0 Å². The van der Waals surface area contributed by atoms with E-state index in [1.165, 1.54) is 37.7 Å². The summed E-state index contributed by atoms with van der Waals surface area (Å²) < 4.78 is 6.72. The predicted octanol–water partition coefficient (Wildman–Crippen LogP) is 5.32. The van der Waals surface area contributed by atoms with Crippen LogP contribution in [0.25, 0.3) is 0 Å². The van der Waals surface area contributed by atoms with E-state index in [1.54, 1.807) is 7.11 Å². The van der Waals surface area contributed by atoms with Gasteiger partial charge in [-0.15, -0.1) is 0 Å². The van der Waals surface area contributed by atoms with E-state index in [1.807, 2.05) is 0 Å². The van der Waals surface area contributed by atoms with Crippen LogP contribution >= 0.6 is 15.9 Å². The van der Waals surface area contributed by atoms with Gasteiger partial charge in [0, 0.05) is 16.1 Å². The van der Waals surface area contributed by atoms with Crippen LogP contribution in [0.2, 0.25) is 0 Å². The minimum absolute atomic E-state index is 0.406. The third-order valence-corrected chi connectivity index (χ3v) is 5.37. The molecule has 118 valence electrons. The third kappa shape index (κ3) is 4.01. The molecule has 1 aromatic rings. The van der Waals surface area contributed by atoms with Crippen LogP contribution in [0.4, 0.5) is 0 Å². The van der Waals surface area contributed by atoms with Crippen LogP contribution in [0.1, 0.15) is 57.6 Å². The lowest BCUT2D eigenvalue weighted by atomic mass is 9.72. The zero-order valence-electron chi connectivity index (χ0n) is 13.5. The number of rotatable bonds is 6. The minimum Gasteiger partial charge on any atom is -0.496 e. The van der Waals surface area contributed by atoms with Crippen molar-refractivity contribution in [3.8, 4) is 5.75 Å². The molecule has 0 amide bonds. The molecule has 1 aromatic carbocycles. The summed E-state index contributed by atoms with van der Waals surface area (Å²) in [5.41, 5.74) is 1.31. The van der Waals surface area contributed by atoms with Gasteiger partial charge in [-0.3, -0.25) is 0 Å². The standard InChI is InChI=1S/C18H28BrNO/c1-4-13-8-6-7-9-15(13)18(20-5-2)16-11-10-14(19)12-17(16)21-3/h10-13,15,18,20H,4-9H2,1-3H3. The van der Waals surface area contributed by atoms with Crippen molar-refractivity contribution in [2.45, 2.75) is 52.0 Å². The molecule has 0 spiro atoms. The second kappa shape index (κ2) is 8.19. The first-order chi connectivity index (χ1) is 10.2. The smallest absolute Gasteiger partial charge is 0.124 e. The SMILES string of the molecule is CCNC(c1ccc(Br)cc1OC)C1CCCCC1CC. The summed E-state index contributed by atoms with van der Waals surface area (Å²) in [7, 11) is 1.77. The maximum atomic E-state index is 5.64. The third-order valence-electron chi connectivity index (χ3n) is 4.88. The van der Waals surface area contributed by atoms with E-state index in [2.05, 4.69) is 53.3 Å². The zero-order valence-corrected chi connectivity index (χ0v) is 15.1. The lowest BCUT2D eigenvalue weighted by Gasteiger charge is -2.38. The van der Waals surface area contributed by atoms with Crippen LogP contribution in [0.3, 0.4) is 0 Å². The Morgan fingerprint density at radius 3 is 2.71 bits per heavy atom. The summed E-state index contributed by atoms with van der Waals surface area (Å²) in [5, 5.41) is 3.73. The summed E-state index contributed by atoms with van der Waals surface area (Å²) in [6.07, 6.45) is 6.75. The zero-order chi connectivity index (χ0) is 15.2. The first-order valence-electron chi connectivity index (χ1n) is 8.28. The average molecular weight is 354 g/mol. The quantitative estimate of drug-likeness (QED) is 0.746. The van der Waals surface area contributed by atoms with Crippen molar-refractivity contribution in [2.24, 2.45) is 11.8 Å². The molecule has 1 aliphatic carbocycles. The van der Waals surface area contributed by atoms with Crippen LogP contribution in [0, 0.1) is 11.8 Å². The lowest BCUT2D eigenvalue weighted by Crippen LogP contribution is -2.34. The molecule has 2 nitrogen and oxygen atoms in total. The van der Waals surface area contributed by atoms with Gasteiger partial charge in [-0.1, -0.05) is 61.5 Å². The Balaban J connectivity index is 2.33. The Morgan fingerprint density at radius 1 is 1.29 bits per heavy atom. The Hall–Kier alpha value is -0.540. The molecule has 3 heteroatoms. The number of halogens is 1. The number of ether oxygens (including phenoxy) is 1. The number of benzene rings is 1. The van der Waals surface area contributed by atoms with Crippen molar-refractivity contribution < 1.29 is 4.74 Å². The van der Waals surface area contributed by atoms with Crippen molar-refractivity contribution in [3.05, 3.63) is 28.2 Å². The molecule has 0 aliphatic heterocycles. The molecule has 0 bridgehead atoms. The van der Waals surface area contributed by atoms with Crippen molar-refractivity contribution in [1.82, 2.24) is 5.32 Å². The molecule has 1 fully saturated rings. The van der Waals surface area contributed by atoms with Crippen molar-refractivity contribution in [2.75, 3.05) is 13.7 Å². The normalized spacial score (nSPS) is 23.8. The first kappa shape index (κ1) is 16.8. The van der Waals surface area contributed by atoms with Crippen molar-refractivity contribution >= 4 is 15.9 Å². The summed E-state index contributed by atoms with van der Waals surface area (Å²) in [4.78, 5) is 0. The van der Waals surface area contributed by atoms with E-state index in [0.717, 1.165) is 28.6 Å². The van der Waals surface area contributed by atoms with Gasteiger partial charge in [0.15, 0.2) is 0 Å². The predicted molar refractivity (Wildman–Crippen MR) is 92.9 cm³/mol. The average Bonchev–Trinajstić information content (AvgIpc) is 2.53. The Kier molecular flexibility index (Phi) is 6.56. The molecule has 2 rings (SSSR count). The van der Waals surface area contributed by atoms with Gasteiger partial charge >= 0.3 is 0 Å². The molecule has 3 unspecified atom stereocenters. The van der Waals surface area contributed by atoms with E-state index < -0.39 is 0 Å². The highest BCUT2D eigenvalue weighted by atomic mass is 79.9. The van der Waals surface area contributed by atoms with Gasteiger partial charge in [0.1, 0.15) is 5.75 Å². The van der Waals surface area contributed by atoms with Crippen molar-refractivity contribution in [1.29, 1.82) is 0 Å². The fraction of sp³-hybridized carbons (Fsp3) is 0.667. The second-order valence-corrected chi connectivity index (χ2v) is 6.95. The van der Waals surface area contributed by atoms with Crippen LogP contribution in [-0.2, 0) is 0 Å². The molecule has 0 aromatic heterocycles.